The van der Waals surface area contributed by atoms with Crippen molar-refractivity contribution in [3.05, 3.63) is 119 Å². The Kier molecular flexibility index (Phi) is 14.1. The van der Waals surface area contributed by atoms with Gasteiger partial charge in [0.1, 0.15) is 43.3 Å². The molecule has 3 atom stereocenters. The second kappa shape index (κ2) is 19.1. The third kappa shape index (κ3) is 11.6. The van der Waals surface area contributed by atoms with Gasteiger partial charge in [0.2, 0.25) is 11.8 Å². The van der Waals surface area contributed by atoms with E-state index in [1.54, 1.807) is 69.3 Å². The van der Waals surface area contributed by atoms with Crippen LogP contribution in [0.1, 0.15) is 62.9 Å². The molecule has 1 aliphatic rings. The molecule has 3 N–H and O–H groups in total. The van der Waals surface area contributed by atoms with E-state index in [-0.39, 0.29) is 61.0 Å². The van der Waals surface area contributed by atoms with Crippen molar-refractivity contribution in [2.75, 3.05) is 20.2 Å². The van der Waals surface area contributed by atoms with E-state index >= 15 is 4.39 Å². The third-order valence-electron chi connectivity index (χ3n) is 9.09. The Labute approximate surface area is 337 Å². The number of nitrogens with zero attached hydrogens (tertiary/aromatic N) is 1. The van der Waals surface area contributed by atoms with E-state index in [1.165, 1.54) is 27.0 Å². The maximum absolute atomic E-state index is 16.5. The lowest BCUT2D eigenvalue weighted by molar-refractivity contribution is -0.132. The van der Waals surface area contributed by atoms with Crippen LogP contribution in [-0.4, -0.2) is 72.6 Å². The number of nitrogens with one attached hydrogen (secondary N) is 3. The largest absolute Gasteiger partial charge is 0.491 e. The molecular weight excluding hydrogens is 748 g/mol. The molecule has 1 aliphatic heterocycles. The standard InChI is InChI=1S/C44H49FN4O9/c1-27-40(51)48-36(28(2)50)23-31-21-34(39(35(45)22-31)56-25-29-13-9-7-10-14-29)33-24-32(17-18-37(33)55-20-19-46-42(53)58-44(3,4)5)38(41(52)47-27)49(6)43(54)57-26-30-15-11-8-12-16-30/h7-18,21-22,24,27,36,38H,19-20,23,25-26H2,1-6H3,(H,46,53)(H,47,52)(H,48,51)/t27-,36-,38-/m0/s1. The molecule has 13 nitrogen and oxygen atoms in total. The van der Waals surface area contributed by atoms with Gasteiger partial charge in [-0.3, -0.25) is 19.3 Å². The molecule has 0 spiro atoms. The zero-order chi connectivity index (χ0) is 42.0. The fourth-order valence-corrected chi connectivity index (χ4v) is 6.19. The van der Waals surface area contributed by atoms with Crippen LogP contribution in [0.15, 0.2) is 91.0 Å². The van der Waals surface area contributed by atoms with Crippen molar-refractivity contribution in [3.63, 3.8) is 0 Å². The normalized spacial score (nSPS) is 16.8. The molecule has 0 unspecified atom stereocenters. The minimum absolute atomic E-state index is 0.00909. The Morgan fingerprint density at radius 2 is 1.50 bits per heavy atom. The quantitative estimate of drug-likeness (QED) is 0.146. The predicted octanol–water partition coefficient (Wildman–Crippen LogP) is 6.42. The Hall–Kier alpha value is -6.44. The zero-order valence-corrected chi connectivity index (χ0v) is 33.4. The molecule has 58 heavy (non-hydrogen) atoms. The van der Waals surface area contributed by atoms with E-state index in [1.807, 2.05) is 36.4 Å². The number of carbonyl (C=O) groups is 5. The van der Waals surface area contributed by atoms with Gasteiger partial charge in [0.15, 0.2) is 17.3 Å². The Morgan fingerprint density at radius 1 is 0.845 bits per heavy atom. The van der Waals surface area contributed by atoms with E-state index in [2.05, 4.69) is 16.0 Å². The zero-order valence-electron chi connectivity index (χ0n) is 33.4. The summed E-state index contributed by atoms with van der Waals surface area (Å²) in [6, 6.07) is 22.1. The highest BCUT2D eigenvalue weighted by atomic mass is 19.1. The summed E-state index contributed by atoms with van der Waals surface area (Å²) in [7, 11) is 1.39. The van der Waals surface area contributed by atoms with Crippen molar-refractivity contribution in [1.82, 2.24) is 20.9 Å². The van der Waals surface area contributed by atoms with Gasteiger partial charge in [-0.1, -0.05) is 66.7 Å². The second-order valence-electron chi connectivity index (χ2n) is 14.9. The number of carbonyl (C=O) groups excluding carboxylic acids is 5. The van der Waals surface area contributed by atoms with Crippen molar-refractivity contribution < 1.29 is 47.3 Å². The minimum Gasteiger partial charge on any atom is -0.491 e. The summed E-state index contributed by atoms with van der Waals surface area (Å²) in [6.07, 6.45) is -1.57. The van der Waals surface area contributed by atoms with Gasteiger partial charge in [-0.2, -0.15) is 0 Å². The number of ketones is 1. The fraction of sp³-hybridized carbons (Fsp3) is 0.341. The molecule has 0 saturated carbocycles. The number of hydrogen-bond acceptors (Lipinski definition) is 9. The number of likely N-dealkylation sites (N-methyl/N-ethyl adjacent to an activating group) is 1. The number of halogens is 1. The molecule has 1 heterocycles. The topological polar surface area (TPSA) is 162 Å². The molecule has 0 aliphatic carbocycles. The highest BCUT2D eigenvalue weighted by Gasteiger charge is 2.34. The van der Waals surface area contributed by atoms with Gasteiger partial charge >= 0.3 is 12.2 Å². The summed E-state index contributed by atoms with van der Waals surface area (Å²) in [4.78, 5) is 67.6. The maximum atomic E-state index is 16.5. The average Bonchev–Trinajstić information content (AvgIpc) is 3.17. The highest BCUT2D eigenvalue weighted by molar-refractivity contribution is 5.94. The molecule has 4 aromatic rings. The van der Waals surface area contributed by atoms with Crippen molar-refractivity contribution in [2.45, 2.75) is 78.0 Å². The van der Waals surface area contributed by atoms with E-state index < -0.39 is 59.3 Å². The molecule has 306 valence electrons. The number of fused-ring (bicyclic) bond motifs is 5. The monoisotopic (exact) mass is 796 g/mol. The van der Waals surface area contributed by atoms with Crippen LogP contribution in [0.25, 0.3) is 11.1 Å². The van der Waals surface area contributed by atoms with Crippen molar-refractivity contribution >= 4 is 29.8 Å². The number of rotatable bonds is 11. The van der Waals surface area contributed by atoms with Gasteiger partial charge in [0.25, 0.3) is 0 Å². The van der Waals surface area contributed by atoms with Crippen LogP contribution >= 0.6 is 0 Å². The highest BCUT2D eigenvalue weighted by Crippen LogP contribution is 2.42. The Morgan fingerprint density at radius 3 is 2.14 bits per heavy atom. The van der Waals surface area contributed by atoms with Crippen LogP contribution in [0.3, 0.4) is 0 Å². The van der Waals surface area contributed by atoms with Gasteiger partial charge in [0, 0.05) is 18.2 Å². The number of hydrogen-bond donors (Lipinski definition) is 3. The third-order valence-corrected chi connectivity index (χ3v) is 9.09. The maximum Gasteiger partial charge on any atom is 0.410 e. The van der Waals surface area contributed by atoms with E-state index in [0.717, 1.165) is 16.0 Å². The minimum atomic E-state index is -1.38. The number of benzene rings is 4. The Balaban J connectivity index is 1.63. The second-order valence-corrected chi connectivity index (χ2v) is 14.9. The summed E-state index contributed by atoms with van der Waals surface area (Å²) < 4.78 is 39.8. The van der Waals surface area contributed by atoms with E-state index in [0.29, 0.717) is 5.56 Å². The van der Waals surface area contributed by atoms with Gasteiger partial charge in [-0.05, 0) is 87.6 Å². The lowest BCUT2D eigenvalue weighted by Gasteiger charge is -2.30. The molecule has 14 heteroatoms. The van der Waals surface area contributed by atoms with Crippen LogP contribution < -0.4 is 25.4 Å². The Bertz CT molecular complexity index is 2110. The summed E-state index contributed by atoms with van der Waals surface area (Å²) in [5, 5.41) is 8.01. The smallest absolute Gasteiger partial charge is 0.410 e. The molecule has 0 aromatic heterocycles. The van der Waals surface area contributed by atoms with Crippen LogP contribution in [-0.2, 0) is 43.5 Å². The van der Waals surface area contributed by atoms with Crippen LogP contribution in [0, 0.1) is 5.82 Å². The first kappa shape index (κ1) is 42.7. The summed E-state index contributed by atoms with van der Waals surface area (Å²) in [5.41, 5.74) is 1.86. The van der Waals surface area contributed by atoms with E-state index in [9.17, 15) is 24.0 Å². The van der Waals surface area contributed by atoms with Gasteiger partial charge in [-0.15, -0.1) is 0 Å². The van der Waals surface area contributed by atoms with E-state index in [4.69, 9.17) is 18.9 Å². The molecule has 0 saturated heterocycles. The SMILES string of the molecule is CC(=O)[C@@H]1Cc2cc(F)c(OCc3ccccc3)c(c2)-c2cc(ccc2OCCNC(=O)OC(C)(C)C)[C@H](N(C)C(=O)OCc2ccccc2)C(=O)N[C@@H](C)C(=O)N1. The first-order valence-corrected chi connectivity index (χ1v) is 18.9. The first-order chi connectivity index (χ1) is 27.6. The van der Waals surface area contributed by atoms with Crippen LogP contribution in [0.4, 0.5) is 14.0 Å². The molecule has 0 fully saturated rings. The molecule has 4 bridgehead atoms. The number of Topliss-reactive ketones (excluding diaryl/α,β-unsaturated/α-hetero) is 1. The van der Waals surface area contributed by atoms with Gasteiger partial charge in [-0.25, -0.2) is 14.0 Å². The van der Waals surface area contributed by atoms with Gasteiger partial charge in [0.05, 0.1) is 12.6 Å². The van der Waals surface area contributed by atoms with Gasteiger partial charge < -0.3 is 34.9 Å². The molecular formula is C44H49FN4O9. The average molecular weight is 797 g/mol. The first-order valence-electron chi connectivity index (χ1n) is 18.9. The fourth-order valence-electron chi connectivity index (χ4n) is 6.19. The summed E-state index contributed by atoms with van der Waals surface area (Å²) in [5.74, 6) is -2.47. The summed E-state index contributed by atoms with van der Waals surface area (Å²) >= 11 is 0. The number of amides is 4. The molecule has 0 radical (unpaired) electrons. The predicted molar refractivity (Wildman–Crippen MR) is 213 cm³/mol. The summed E-state index contributed by atoms with van der Waals surface area (Å²) in [6.45, 7) is 7.89. The van der Waals surface area contributed by atoms with Crippen molar-refractivity contribution in [3.8, 4) is 22.6 Å². The molecule has 5 rings (SSSR count). The number of alkyl carbamates (subject to hydrolysis) is 1. The van der Waals surface area contributed by atoms with Crippen molar-refractivity contribution in [1.29, 1.82) is 0 Å². The lowest BCUT2D eigenvalue weighted by Crippen LogP contribution is -2.52. The lowest BCUT2D eigenvalue weighted by atomic mass is 9.93. The van der Waals surface area contributed by atoms with Crippen LogP contribution in [0.2, 0.25) is 0 Å². The van der Waals surface area contributed by atoms with Crippen LogP contribution in [0.5, 0.6) is 11.5 Å². The number of ether oxygens (including phenoxy) is 4. The van der Waals surface area contributed by atoms with Crippen molar-refractivity contribution in [2.24, 2.45) is 0 Å². The molecule has 4 amide bonds. The molecule has 4 aromatic carbocycles.